The zero-order valence-electron chi connectivity index (χ0n) is 11.8. The van der Waals surface area contributed by atoms with Crippen LogP contribution in [0.4, 0.5) is 0 Å². The summed E-state index contributed by atoms with van der Waals surface area (Å²) in [5, 5.41) is 16.4. The molecule has 2 aromatic rings. The number of nitrogens with one attached hydrogen (secondary N) is 2. The average Bonchev–Trinajstić information content (AvgIpc) is 2.44. The van der Waals surface area contributed by atoms with Crippen molar-refractivity contribution in [1.82, 2.24) is 9.13 Å². The minimum atomic E-state index is -0.418. The molecule has 6 heteroatoms. The SMILES string of the molecule is CCCC(=N)n1ccn(Cc2cccc(Cl)c2)c(=O)c1=N. The Labute approximate surface area is 127 Å². The molecule has 0 aliphatic heterocycles. The molecule has 21 heavy (non-hydrogen) atoms. The number of aromatic nitrogens is 2. The molecule has 0 saturated carbocycles. The minimum absolute atomic E-state index is 0.196. The monoisotopic (exact) mass is 304 g/mol. The van der Waals surface area contributed by atoms with Crippen LogP contribution in [0.2, 0.25) is 5.02 Å². The van der Waals surface area contributed by atoms with Crippen LogP contribution in [0.1, 0.15) is 25.3 Å². The topological polar surface area (TPSA) is 74.6 Å². The van der Waals surface area contributed by atoms with Crippen LogP contribution in [0.5, 0.6) is 0 Å². The van der Waals surface area contributed by atoms with Gasteiger partial charge in [-0.2, -0.15) is 0 Å². The lowest BCUT2D eigenvalue weighted by Gasteiger charge is -2.11. The molecule has 0 saturated heterocycles. The second-order valence-electron chi connectivity index (χ2n) is 4.78. The van der Waals surface area contributed by atoms with Crippen molar-refractivity contribution in [1.29, 1.82) is 10.8 Å². The molecule has 0 radical (unpaired) electrons. The van der Waals surface area contributed by atoms with Crippen LogP contribution in [0.25, 0.3) is 0 Å². The summed E-state index contributed by atoms with van der Waals surface area (Å²) >= 11 is 5.93. The van der Waals surface area contributed by atoms with Crippen LogP contribution in [0.15, 0.2) is 41.5 Å². The van der Waals surface area contributed by atoms with Gasteiger partial charge in [-0.3, -0.25) is 20.2 Å². The van der Waals surface area contributed by atoms with Gasteiger partial charge < -0.3 is 4.57 Å². The fourth-order valence-electron chi connectivity index (χ4n) is 2.07. The Kier molecular flexibility index (Phi) is 4.75. The Morgan fingerprint density at radius 2 is 2.10 bits per heavy atom. The second-order valence-corrected chi connectivity index (χ2v) is 5.21. The second kappa shape index (κ2) is 6.54. The van der Waals surface area contributed by atoms with Crippen LogP contribution >= 0.6 is 11.6 Å². The molecule has 2 rings (SSSR count). The molecular weight excluding hydrogens is 288 g/mol. The lowest BCUT2D eigenvalue weighted by Crippen LogP contribution is -2.43. The first-order valence-electron chi connectivity index (χ1n) is 6.72. The molecule has 1 aromatic heterocycles. The van der Waals surface area contributed by atoms with Crippen molar-refractivity contribution in [2.75, 3.05) is 0 Å². The molecule has 0 amide bonds. The van der Waals surface area contributed by atoms with Crippen molar-refractivity contribution in [2.45, 2.75) is 26.3 Å². The molecule has 0 unspecified atom stereocenters. The Morgan fingerprint density at radius 3 is 2.76 bits per heavy atom. The van der Waals surface area contributed by atoms with Gasteiger partial charge in [0, 0.05) is 23.8 Å². The predicted octanol–water partition coefficient (Wildman–Crippen LogP) is 2.46. The highest BCUT2D eigenvalue weighted by Crippen LogP contribution is 2.11. The van der Waals surface area contributed by atoms with E-state index in [1.54, 1.807) is 24.5 Å². The smallest absolute Gasteiger partial charge is 0.293 e. The van der Waals surface area contributed by atoms with Gasteiger partial charge in [0.1, 0.15) is 5.84 Å². The summed E-state index contributed by atoms with van der Waals surface area (Å²) in [6.07, 6.45) is 4.53. The highest BCUT2D eigenvalue weighted by molar-refractivity contribution is 6.30. The summed E-state index contributed by atoms with van der Waals surface area (Å²) in [4.78, 5) is 12.2. The number of hydrogen-bond donors (Lipinski definition) is 2. The number of hydrogen-bond acceptors (Lipinski definition) is 3. The van der Waals surface area contributed by atoms with Gasteiger partial charge in [-0.25, -0.2) is 0 Å². The molecule has 1 heterocycles. The summed E-state index contributed by atoms with van der Waals surface area (Å²) in [5.74, 6) is 0.259. The largest absolute Gasteiger partial charge is 0.306 e. The Morgan fingerprint density at radius 1 is 1.33 bits per heavy atom. The van der Waals surface area contributed by atoms with E-state index in [9.17, 15) is 4.79 Å². The molecule has 0 fully saturated rings. The van der Waals surface area contributed by atoms with Crippen molar-refractivity contribution in [3.8, 4) is 0 Å². The third-order valence-electron chi connectivity index (χ3n) is 3.12. The number of benzene rings is 1. The average molecular weight is 305 g/mol. The fraction of sp³-hybridized carbons (Fsp3) is 0.267. The van der Waals surface area contributed by atoms with Crippen LogP contribution in [0.3, 0.4) is 0 Å². The van der Waals surface area contributed by atoms with E-state index < -0.39 is 5.56 Å². The first-order valence-corrected chi connectivity index (χ1v) is 7.09. The van der Waals surface area contributed by atoms with E-state index in [0.717, 1.165) is 12.0 Å². The summed E-state index contributed by atoms with van der Waals surface area (Å²) in [7, 11) is 0. The van der Waals surface area contributed by atoms with Crippen molar-refractivity contribution >= 4 is 17.4 Å². The van der Waals surface area contributed by atoms with Gasteiger partial charge in [-0.05, 0) is 24.1 Å². The van der Waals surface area contributed by atoms with Crippen LogP contribution in [-0.2, 0) is 6.54 Å². The maximum Gasteiger partial charge on any atom is 0.293 e. The van der Waals surface area contributed by atoms with Gasteiger partial charge in [0.2, 0.25) is 0 Å². The zero-order valence-corrected chi connectivity index (χ0v) is 12.5. The zero-order chi connectivity index (χ0) is 15.4. The normalized spacial score (nSPS) is 10.6. The van der Waals surface area contributed by atoms with Gasteiger partial charge in [0.15, 0.2) is 5.49 Å². The summed E-state index contributed by atoms with van der Waals surface area (Å²) in [5.41, 5.74) is 0.279. The van der Waals surface area contributed by atoms with Crippen LogP contribution in [0, 0.1) is 10.8 Å². The summed E-state index contributed by atoms with van der Waals surface area (Å²) < 4.78 is 2.77. The van der Waals surface area contributed by atoms with E-state index in [4.69, 9.17) is 22.4 Å². The Hall–Kier alpha value is -2.14. The first-order chi connectivity index (χ1) is 10.0. The number of halogens is 1. The summed E-state index contributed by atoms with van der Waals surface area (Å²) in [6.45, 7) is 2.31. The first kappa shape index (κ1) is 15.3. The molecule has 0 aliphatic carbocycles. The van der Waals surface area contributed by atoms with Gasteiger partial charge >= 0.3 is 0 Å². The standard InChI is InChI=1S/C15H17ClN4O/c1-2-4-13(17)20-8-7-19(15(21)14(20)18)10-11-5-3-6-12(16)9-11/h3,5-9,17-18H,2,4,10H2,1H3. The van der Waals surface area contributed by atoms with Crippen LogP contribution in [-0.4, -0.2) is 15.0 Å². The molecule has 0 spiro atoms. The van der Waals surface area contributed by atoms with E-state index in [0.29, 0.717) is 18.0 Å². The maximum absolute atomic E-state index is 12.2. The highest BCUT2D eigenvalue weighted by atomic mass is 35.5. The predicted molar refractivity (Wildman–Crippen MR) is 83.1 cm³/mol. The highest BCUT2D eigenvalue weighted by Gasteiger charge is 2.06. The molecular formula is C15H17ClN4O. The third kappa shape index (κ3) is 3.49. The van der Waals surface area contributed by atoms with Crippen molar-refractivity contribution in [3.05, 3.63) is 63.1 Å². The van der Waals surface area contributed by atoms with E-state index in [1.165, 1.54) is 9.13 Å². The fourth-order valence-corrected chi connectivity index (χ4v) is 2.28. The maximum atomic E-state index is 12.2. The Balaban J connectivity index is 2.35. The molecule has 0 atom stereocenters. The Bertz CT molecular complexity index is 776. The van der Waals surface area contributed by atoms with Gasteiger partial charge in [0.05, 0.1) is 6.54 Å². The van der Waals surface area contributed by atoms with E-state index in [1.807, 2.05) is 19.1 Å². The molecule has 2 N–H and O–H groups in total. The van der Waals surface area contributed by atoms with Crippen molar-refractivity contribution in [2.24, 2.45) is 0 Å². The quantitative estimate of drug-likeness (QED) is 0.661. The van der Waals surface area contributed by atoms with Gasteiger partial charge in [-0.1, -0.05) is 30.7 Å². The van der Waals surface area contributed by atoms with E-state index >= 15 is 0 Å². The number of nitrogens with zero attached hydrogens (tertiary/aromatic N) is 2. The third-order valence-corrected chi connectivity index (χ3v) is 3.35. The van der Waals surface area contributed by atoms with Crippen molar-refractivity contribution in [3.63, 3.8) is 0 Å². The van der Waals surface area contributed by atoms with E-state index in [-0.39, 0.29) is 11.3 Å². The van der Waals surface area contributed by atoms with Crippen molar-refractivity contribution < 1.29 is 0 Å². The van der Waals surface area contributed by atoms with E-state index in [2.05, 4.69) is 0 Å². The molecule has 0 bridgehead atoms. The minimum Gasteiger partial charge on any atom is -0.306 e. The van der Waals surface area contributed by atoms with Crippen LogP contribution < -0.4 is 11.0 Å². The molecule has 0 aliphatic rings. The molecule has 5 nitrogen and oxygen atoms in total. The van der Waals surface area contributed by atoms with Gasteiger partial charge in [0.25, 0.3) is 5.56 Å². The lowest BCUT2D eigenvalue weighted by atomic mass is 10.2. The lowest BCUT2D eigenvalue weighted by molar-refractivity contribution is 0.705. The molecule has 1 aromatic carbocycles. The number of rotatable bonds is 4. The van der Waals surface area contributed by atoms with Gasteiger partial charge in [-0.15, -0.1) is 0 Å². The molecule has 110 valence electrons. The summed E-state index contributed by atoms with van der Waals surface area (Å²) in [6, 6.07) is 7.26.